The van der Waals surface area contributed by atoms with Crippen molar-refractivity contribution in [1.29, 1.82) is 0 Å². The van der Waals surface area contributed by atoms with Crippen LogP contribution in [0.3, 0.4) is 0 Å². The number of rotatable bonds is 3. The van der Waals surface area contributed by atoms with Crippen molar-refractivity contribution in [3.63, 3.8) is 0 Å². The first-order chi connectivity index (χ1) is 13.2. The van der Waals surface area contributed by atoms with Crippen LogP contribution in [0.15, 0.2) is 73.1 Å². The summed E-state index contributed by atoms with van der Waals surface area (Å²) in [6.07, 6.45) is 3.96. The van der Waals surface area contributed by atoms with Gasteiger partial charge in [0, 0.05) is 55.6 Å². The van der Waals surface area contributed by atoms with Crippen LogP contribution >= 0.6 is 0 Å². The van der Waals surface area contributed by atoms with Crippen LogP contribution in [0.2, 0.25) is 0 Å². The van der Waals surface area contributed by atoms with Crippen molar-refractivity contribution in [2.24, 2.45) is 0 Å². The Morgan fingerprint density at radius 3 is 2.04 bits per heavy atom. The van der Waals surface area contributed by atoms with Crippen molar-refractivity contribution in [2.75, 3.05) is 36.4 Å². The Morgan fingerprint density at radius 2 is 1.41 bits per heavy atom. The van der Waals surface area contributed by atoms with Crippen molar-refractivity contribution in [3.05, 3.63) is 78.9 Å². The lowest BCUT2D eigenvalue weighted by Gasteiger charge is -2.36. The molecule has 1 aromatic heterocycles. The highest BCUT2D eigenvalue weighted by Crippen LogP contribution is 2.18. The fraction of sp³-hybridized carbons (Fsp3) is 0.190. The van der Waals surface area contributed by atoms with Gasteiger partial charge in [-0.3, -0.25) is 0 Å². The number of nitrogens with zero attached hydrogens (tertiary/aromatic N) is 3. The van der Waals surface area contributed by atoms with Crippen LogP contribution in [-0.2, 0) is 0 Å². The Balaban J connectivity index is 1.32. The third-order valence-corrected chi connectivity index (χ3v) is 4.78. The fourth-order valence-corrected chi connectivity index (χ4v) is 3.25. The molecule has 2 aromatic carbocycles. The van der Waals surface area contributed by atoms with Crippen molar-refractivity contribution < 1.29 is 9.18 Å². The average Bonchev–Trinajstić information content (AvgIpc) is 3.24. The molecule has 5 nitrogen and oxygen atoms in total. The number of hydrogen-bond donors (Lipinski definition) is 1. The lowest BCUT2D eigenvalue weighted by molar-refractivity contribution is 0.208. The quantitative estimate of drug-likeness (QED) is 0.764. The van der Waals surface area contributed by atoms with Gasteiger partial charge in [0.15, 0.2) is 0 Å². The predicted molar refractivity (Wildman–Crippen MR) is 105 cm³/mol. The van der Waals surface area contributed by atoms with E-state index < -0.39 is 0 Å². The Kier molecular flexibility index (Phi) is 4.78. The fourth-order valence-electron chi connectivity index (χ4n) is 3.25. The molecule has 1 aliphatic heterocycles. The lowest BCUT2D eigenvalue weighted by Crippen LogP contribution is -2.50. The summed E-state index contributed by atoms with van der Waals surface area (Å²) >= 11 is 0. The molecule has 0 atom stereocenters. The Hall–Kier alpha value is -3.28. The van der Waals surface area contributed by atoms with E-state index in [2.05, 4.69) is 10.2 Å². The Morgan fingerprint density at radius 1 is 0.815 bits per heavy atom. The van der Waals surface area contributed by atoms with Crippen LogP contribution in [0.5, 0.6) is 0 Å². The molecule has 1 N–H and O–H groups in total. The normalized spacial score (nSPS) is 14.3. The molecule has 0 spiro atoms. The maximum absolute atomic E-state index is 13.1. The Bertz CT molecular complexity index is 883. The summed E-state index contributed by atoms with van der Waals surface area (Å²) < 4.78 is 15.1. The van der Waals surface area contributed by atoms with E-state index in [1.165, 1.54) is 12.1 Å². The molecule has 1 aliphatic rings. The van der Waals surface area contributed by atoms with Gasteiger partial charge in [0.05, 0.1) is 0 Å². The number of benzene rings is 2. The minimum atomic E-state index is -0.237. The van der Waals surface area contributed by atoms with Crippen molar-refractivity contribution in [3.8, 4) is 5.69 Å². The third-order valence-electron chi connectivity index (χ3n) is 4.78. The summed E-state index contributed by atoms with van der Waals surface area (Å²) in [5.41, 5.74) is 2.81. The maximum Gasteiger partial charge on any atom is 0.321 e. The molecular weight excluding hydrogens is 343 g/mol. The lowest BCUT2D eigenvalue weighted by atomic mass is 10.2. The number of anilines is 2. The number of carbonyl (C=O) groups excluding carboxylic acids is 1. The van der Waals surface area contributed by atoms with Gasteiger partial charge in [0.25, 0.3) is 0 Å². The van der Waals surface area contributed by atoms with Crippen LogP contribution in [0, 0.1) is 5.82 Å². The number of urea groups is 1. The zero-order chi connectivity index (χ0) is 18.6. The highest BCUT2D eigenvalue weighted by molar-refractivity contribution is 5.89. The second-order valence-electron chi connectivity index (χ2n) is 6.52. The zero-order valence-electron chi connectivity index (χ0n) is 14.9. The molecule has 4 rings (SSSR count). The van der Waals surface area contributed by atoms with Gasteiger partial charge in [0.1, 0.15) is 5.82 Å². The molecule has 0 unspecified atom stereocenters. The predicted octanol–water partition coefficient (Wildman–Crippen LogP) is 3.97. The highest BCUT2D eigenvalue weighted by atomic mass is 19.1. The highest BCUT2D eigenvalue weighted by Gasteiger charge is 2.21. The largest absolute Gasteiger partial charge is 0.368 e. The van der Waals surface area contributed by atoms with Crippen LogP contribution in [0.25, 0.3) is 5.69 Å². The number of aromatic nitrogens is 1. The number of nitrogens with one attached hydrogen (secondary N) is 1. The van der Waals surface area contributed by atoms with Crippen molar-refractivity contribution in [1.82, 2.24) is 9.47 Å². The number of hydrogen-bond acceptors (Lipinski definition) is 2. The molecule has 2 heterocycles. The van der Waals surface area contributed by atoms with Crippen LogP contribution < -0.4 is 10.2 Å². The third kappa shape index (κ3) is 3.95. The summed E-state index contributed by atoms with van der Waals surface area (Å²) in [5, 5.41) is 2.96. The summed E-state index contributed by atoms with van der Waals surface area (Å²) in [4.78, 5) is 16.5. The van der Waals surface area contributed by atoms with E-state index in [0.717, 1.165) is 30.2 Å². The molecule has 0 bridgehead atoms. The van der Waals surface area contributed by atoms with E-state index in [9.17, 15) is 9.18 Å². The number of piperazine rings is 1. The minimum absolute atomic E-state index is 0.0949. The first-order valence-electron chi connectivity index (χ1n) is 8.99. The van der Waals surface area contributed by atoms with Crippen LogP contribution in [-0.4, -0.2) is 41.7 Å². The van der Waals surface area contributed by atoms with Gasteiger partial charge >= 0.3 is 6.03 Å². The first-order valence-corrected chi connectivity index (χ1v) is 8.99. The van der Waals surface area contributed by atoms with Gasteiger partial charge in [-0.1, -0.05) is 0 Å². The van der Waals surface area contributed by atoms with Gasteiger partial charge in [-0.15, -0.1) is 0 Å². The van der Waals surface area contributed by atoms with Gasteiger partial charge in [0.2, 0.25) is 0 Å². The van der Waals surface area contributed by atoms with E-state index in [-0.39, 0.29) is 11.8 Å². The molecule has 6 heteroatoms. The monoisotopic (exact) mass is 364 g/mol. The minimum Gasteiger partial charge on any atom is -0.368 e. The SMILES string of the molecule is O=C(Nc1ccc(-n2cccc2)cc1)N1CCN(c2ccc(F)cc2)CC1. The summed E-state index contributed by atoms with van der Waals surface area (Å²) in [5.74, 6) is -0.237. The average molecular weight is 364 g/mol. The van der Waals surface area contributed by atoms with E-state index in [0.29, 0.717) is 13.1 Å². The zero-order valence-corrected chi connectivity index (χ0v) is 14.9. The first kappa shape index (κ1) is 17.1. The smallest absolute Gasteiger partial charge is 0.321 e. The molecule has 138 valence electrons. The number of halogens is 1. The Labute approximate surface area is 157 Å². The van der Waals surface area contributed by atoms with E-state index in [1.807, 2.05) is 53.4 Å². The van der Waals surface area contributed by atoms with E-state index in [1.54, 1.807) is 17.0 Å². The summed E-state index contributed by atoms with van der Waals surface area (Å²) in [7, 11) is 0. The molecule has 0 saturated carbocycles. The standard InChI is InChI=1S/C21H21FN4O/c22-17-3-7-19(8-4-17)25-13-15-26(16-14-25)21(27)23-18-5-9-20(10-6-18)24-11-1-2-12-24/h1-12H,13-16H2,(H,23,27). The molecule has 1 fully saturated rings. The second-order valence-corrected chi connectivity index (χ2v) is 6.52. The van der Waals surface area contributed by atoms with Gasteiger partial charge in [-0.25, -0.2) is 9.18 Å². The van der Waals surface area contributed by atoms with Gasteiger partial charge in [-0.05, 0) is 60.7 Å². The second kappa shape index (κ2) is 7.53. The summed E-state index contributed by atoms with van der Waals surface area (Å²) in [6.45, 7) is 2.71. The molecule has 3 aromatic rings. The van der Waals surface area contributed by atoms with Crippen LogP contribution in [0.4, 0.5) is 20.6 Å². The van der Waals surface area contributed by atoms with Gasteiger partial charge < -0.3 is 19.7 Å². The van der Waals surface area contributed by atoms with E-state index in [4.69, 9.17) is 0 Å². The van der Waals surface area contributed by atoms with Crippen molar-refractivity contribution >= 4 is 17.4 Å². The molecule has 0 aliphatic carbocycles. The molecule has 0 radical (unpaired) electrons. The molecule has 1 saturated heterocycles. The molecular formula is C21H21FN4O. The molecule has 27 heavy (non-hydrogen) atoms. The topological polar surface area (TPSA) is 40.5 Å². The molecule has 2 amide bonds. The van der Waals surface area contributed by atoms with E-state index >= 15 is 0 Å². The summed E-state index contributed by atoms with van der Waals surface area (Å²) in [6, 6.07) is 18.1. The van der Waals surface area contributed by atoms with Gasteiger partial charge in [-0.2, -0.15) is 0 Å². The number of amides is 2. The number of carbonyl (C=O) groups is 1. The van der Waals surface area contributed by atoms with Crippen LogP contribution in [0.1, 0.15) is 0 Å². The van der Waals surface area contributed by atoms with Crippen molar-refractivity contribution in [2.45, 2.75) is 0 Å². The maximum atomic E-state index is 13.1.